The van der Waals surface area contributed by atoms with E-state index in [2.05, 4.69) is 29.2 Å². The number of hydrogen-bond donors (Lipinski definition) is 0. The first-order valence-electron chi connectivity index (χ1n) is 12.4. The Bertz CT molecular complexity index is 1180. The summed E-state index contributed by atoms with van der Waals surface area (Å²) in [6, 6.07) is 26.1. The van der Waals surface area contributed by atoms with Crippen molar-refractivity contribution >= 4 is 29.3 Å². The second kappa shape index (κ2) is 11.1. The highest BCUT2D eigenvalue weighted by molar-refractivity contribution is 8.00. The number of benzene rings is 3. The minimum atomic E-state index is -0.00148. The lowest BCUT2D eigenvalue weighted by Gasteiger charge is -2.36. The second-order valence-corrected chi connectivity index (χ2v) is 10.2. The molecule has 0 aromatic heterocycles. The minimum Gasteiger partial charge on any atom is -0.497 e. The van der Waals surface area contributed by atoms with Crippen molar-refractivity contribution in [3.8, 4) is 5.75 Å². The van der Waals surface area contributed by atoms with Gasteiger partial charge in [0, 0.05) is 44.0 Å². The summed E-state index contributed by atoms with van der Waals surface area (Å²) in [5.74, 6) is 1.58. The van der Waals surface area contributed by atoms with E-state index < -0.39 is 0 Å². The van der Waals surface area contributed by atoms with E-state index in [-0.39, 0.29) is 17.2 Å². The summed E-state index contributed by atoms with van der Waals surface area (Å²) in [4.78, 5) is 31.9. The first-order valence-corrected chi connectivity index (χ1v) is 13.4. The molecule has 1 atom stereocenters. The van der Waals surface area contributed by atoms with Gasteiger partial charge in [0.05, 0.1) is 12.9 Å². The molecule has 3 aromatic rings. The number of thioether (sulfide) groups is 1. The van der Waals surface area contributed by atoms with Crippen LogP contribution in [0.2, 0.25) is 0 Å². The molecule has 0 N–H and O–H groups in total. The number of rotatable bonds is 7. The molecule has 7 heteroatoms. The largest absolute Gasteiger partial charge is 0.497 e. The molecule has 2 fully saturated rings. The summed E-state index contributed by atoms with van der Waals surface area (Å²) in [6.07, 6.45) is 0.836. The van der Waals surface area contributed by atoms with Gasteiger partial charge in [-0.3, -0.25) is 9.59 Å². The Morgan fingerprint density at radius 2 is 1.61 bits per heavy atom. The quantitative estimate of drug-likeness (QED) is 0.478. The maximum absolute atomic E-state index is 13.2. The van der Waals surface area contributed by atoms with Gasteiger partial charge in [0.2, 0.25) is 5.91 Å². The van der Waals surface area contributed by atoms with Gasteiger partial charge in [0.1, 0.15) is 11.1 Å². The minimum absolute atomic E-state index is 0.00148. The number of carbonyl (C=O) groups excluding carboxylic acids is 2. The van der Waals surface area contributed by atoms with E-state index in [1.807, 2.05) is 64.4 Å². The van der Waals surface area contributed by atoms with Crippen molar-refractivity contribution < 1.29 is 14.3 Å². The van der Waals surface area contributed by atoms with Crippen LogP contribution in [0.5, 0.6) is 5.75 Å². The van der Waals surface area contributed by atoms with Crippen molar-refractivity contribution in [2.45, 2.75) is 11.8 Å². The van der Waals surface area contributed by atoms with E-state index in [0.29, 0.717) is 31.0 Å². The van der Waals surface area contributed by atoms with Gasteiger partial charge < -0.3 is 19.4 Å². The van der Waals surface area contributed by atoms with Crippen LogP contribution in [0.4, 0.5) is 5.69 Å². The fourth-order valence-electron chi connectivity index (χ4n) is 4.80. The third-order valence-corrected chi connectivity index (χ3v) is 8.16. The van der Waals surface area contributed by atoms with Crippen molar-refractivity contribution in [2.24, 2.45) is 0 Å². The van der Waals surface area contributed by atoms with Gasteiger partial charge >= 0.3 is 0 Å². The standard InChI is InChI=1S/C29H31N3O3S/c1-35-26-13-11-25(12-14-26)30-17-19-31(20-18-30)28(34)23-7-9-24(10-8-23)29-32(27(33)21-36-29)16-15-22-5-3-2-4-6-22/h2-14,29H,15-21H2,1H3. The van der Waals surface area contributed by atoms with Crippen molar-refractivity contribution in [2.75, 3.05) is 50.5 Å². The first kappa shape index (κ1) is 24.3. The van der Waals surface area contributed by atoms with Crippen LogP contribution in [0.3, 0.4) is 0 Å². The van der Waals surface area contributed by atoms with Gasteiger partial charge in [0.25, 0.3) is 5.91 Å². The van der Waals surface area contributed by atoms with Gasteiger partial charge in [0.15, 0.2) is 0 Å². The second-order valence-electron chi connectivity index (χ2n) is 9.09. The fourth-order valence-corrected chi connectivity index (χ4v) is 6.02. The zero-order valence-electron chi connectivity index (χ0n) is 20.5. The molecule has 0 radical (unpaired) electrons. The summed E-state index contributed by atoms with van der Waals surface area (Å²) < 4.78 is 5.24. The van der Waals surface area contributed by atoms with Gasteiger partial charge in [-0.25, -0.2) is 0 Å². The number of piperazine rings is 1. The normalized spacial score (nSPS) is 18.0. The topological polar surface area (TPSA) is 53.1 Å². The molecule has 0 aliphatic carbocycles. The Morgan fingerprint density at radius 3 is 2.28 bits per heavy atom. The average Bonchev–Trinajstić information content (AvgIpc) is 3.32. The zero-order chi connectivity index (χ0) is 24.9. The van der Waals surface area contributed by atoms with Crippen LogP contribution in [-0.2, 0) is 11.2 Å². The van der Waals surface area contributed by atoms with Crippen molar-refractivity contribution in [1.29, 1.82) is 0 Å². The number of hydrogen-bond acceptors (Lipinski definition) is 5. The van der Waals surface area contributed by atoms with Crippen LogP contribution in [0.1, 0.15) is 26.9 Å². The predicted octanol–water partition coefficient (Wildman–Crippen LogP) is 4.47. The lowest BCUT2D eigenvalue weighted by Crippen LogP contribution is -2.48. The van der Waals surface area contributed by atoms with E-state index in [0.717, 1.165) is 36.5 Å². The highest BCUT2D eigenvalue weighted by atomic mass is 32.2. The molecule has 186 valence electrons. The number of nitrogens with zero attached hydrogens (tertiary/aromatic N) is 3. The van der Waals surface area contributed by atoms with Gasteiger partial charge in [-0.1, -0.05) is 42.5 Å². The number of amides is 2. The number of carbonyl (C=O) groups is 2. The molecule has 0 spiro atoms. The van der Waals surface area contributed by atoms with Crippen LogP contribution in [0, 0.1) is 0 Å². The van der Waals surface area contributed by atoms with Crippen LogP contribution < -0.4 is 9.64 Å². The van der Waals surface area contributed by atoms with Gasteiger partial charge in [-0.05, 0) is 53.9 Å². The van der Waals surface area contributed by atoms with Crippen molar-refractivity contribution in [3.05, 3.63) is 95.6 Å². The summed E-state index contributed by atoms with van der Waals surface area (Å²) in [5.41, 5.74) is 4.14. The molecule has 1 unspecified atom stereocenters. The smallest absolute Gasteiger partial charge is 0.253 e. The van der Waals surface area contributed by atoms with E-state index >= 15 is 0 Å². The molecular formula is C29H31N3O3S. The Hall–Kier alpha value is -3.45. The lowest BCUT2D eigenvalue weighted by atomic mass is 10.1. The summed E-state index contributed by atoms with van der Waals surface area (Å²) in [7, 11) is 1.67. The molecular weight excluding hydrogens is 470 g/mol. The molecule has 3 aromatic carbocycles. The SMILES string of the molecule is COc1ccc(N2CCN(C(=O)c3ccc(C4SCC(=O)N4CCc4ccccc4)cc3)CC2)cc1. The molecule has 2 heterocycles. The van der Waals surface area contributed by atoms with Gasteiger partial charge in [-0.2, -0.15) is 0 Å². The van der Waals surface area contributed by atoms with Crippen LogP contribution in [0.25, 0.3) is 0 Å². The highest BCUT2D eigenvalue weighted by Gasteiger charge is 2.32. The Morgan fingerprint density at radius 1 is 0.917 bits per heavy atom. The van der Waals surface area contributed by atoms with E-state index in [1.54, 1.807) is 18.9 Å². The van der Waals surface area contributed by atoms with Crippen LogP contribution in [0.15, 0.2) is 78.9 Å². The Labute approximate surface area is 216 Å². The molecule has 2 amide bonds. The number of ether oxygens (including phenoxy) is 1. The van der Waals surface area contributed by atoms with Crippen LogP contribution in [-0.4, -0.2) is 67.2 Å². The predicted molar refractivity (Wildman–Crippen MR) is 145 cm³/mol. The number of methoxy groups -OCH3 is 1. The molecule has 36 heavy (non-hydrogen) atoms. The van der Waals surface area contributed by atoms with E-state index in [4.69, 9.17) is 4.74 Å². The first-order chi connectivity index (χ1) is 17.6. The van der Waals surface area contributed by atoms with E-state index in [1.165, 1.54) is 5.56 Å². The lowest BCUT2D eigenvalue weighted by molar-refractivity contribution is -0.128. The van der Waals surface area contributed by atoms with Gasteiger partial charge in [-0.15, -0.1) is 11.8 Å². The van der Waals surface area contributed by atoms with E-state index in [9.17, 15) is 9.59 Å². The monoisotopic (exact) mass is 501 g/mol. The Kier molecular flexibility index (Phi) is 7.47. The molecule has 2 aliphatic heterocycles. The molecule has 0 saturated carbocycles. The third-order valence-electron chi connectivity index (χ3n) is 6.90. The van der Waals surface area contributed by atoms with Crippen molar-refractivity contribution in [1.82, 2.24) is 9.80 Å². The maximum atomic E-state index is 13.2. The Balaban J connectivity index is 1.18. The summed E-state index contributed by atoms with van der Waals surface area (Å²) >= 11 is 1.66. The average molecular weight is 502 g/mol. The maximum Gasteiger partial charge on any atom is 0.253 e. The molecule has 6 nitrogen and oxygen atoms in total. The number of anilines is 1. The zero-order valence-corrected chi connectivity index (χ0v) is 21.3. The van der Waals surface area contributed by atoms with Crippen LogP contribution >= 0.6 is 11.8 Å². The summed E-state index contributed by atoms with van der Waals surface area (Å²) in [6.45, 7) is 3.67. The molecule has 5 rings (SSSR count). The fraction of sp³-hybridized carbons (Fsp3) is 0.310. The molecule has 2 saturated heterocycles. The highest BCUT2D eigenvalue weighted by Crippen LogP contribution is 2.38. The molecule has 0 bridgehead atoms. The molecule has 2 aliphatic rings. The summed E-state index contributed by atoms with van der Waals surface area (Å²) in [5, 5.41) is -0.00148. The van der Waals surface area contributed by atoms with Crippen molar-refractivity contribution in [3.63, 3.8) is 0 Å². The third kappa shape index (κ3) is 5.36.